The molecule has 8 nitrogen and oxygen atoms in total. The van der Waals surface area contributed by atoms with Crippen molar-refractivity contribution < 1.29 is 35.9 Å². The van der Waals surface area contributed by atoms with Crippen molar-refractivity contribution in [2.45, 2.75) is 31.2 Å². The Hall–Kier alpha value is -3.88. The first kappa shape index (κ1) is 28.1. The molecule has 4 rings (SSSR count). The van der Waals surface area contributed by atoms with Crippen LogP contribution in [0.4, 0.5) is 47.6 Å². The van der Waals surface area contributed by atoms with Crippen molar-refractivity contribution in [2.24, 2.45) is 0 Å². The van der Waals surface area contributed by atoms with Gasteiger partial charge in [-0.1, -0.05) is 11.3 Å². The van der Waals surface area contributed by atoms with E-state index < -0.39 is 47.1 Å². The van der Waals surface area contributed by atoms with E-state index in [0.29, 0.717) is 23.6 Å². The SMILES string of the molecule is CN(C)c1ccc(-c2nnc(NC(=O)C3CCCN3C(=O)Nc3cc(C(F)(F)F)cc(C(F)(F)F)c3)s2)cc1. The summed E-state index contributed by atoms with van der Waals surface area (Å²) in [5.41, 5.74) is -2.06. The van der Waals surface area contributed by atoms with Gasteiger partial charge in [-0.3, -0.25) is 10.1 Å². The minimum absolute atomic E-state index is 0.0330. The van der Waals surface area contributed by atoms with Crippen LogP contribution in [0.15, 0.2) is 42.5 Å². The summed E-state index contributed by atoms with van der Waals surface area (Å²) in [6.45, 7) is 0.0780. The summed E-state index contributed by atoms with van der Waals surface area (Å²) in [5, 5.41) is 13.4. The maximum atomic E-state index is 13.2. The zero-order valence-corrected chi connectivity index (χ0v) is 21.3. The van der Waals surface area contributed by atoms with Crippen LogP contribution in [0.25, 0.3) is 10.6 Å². The van der Waals surface area contributed by atoms with E-state index in [1.165, 1.54) is 0 Å². The molecule has 1 aromatic heterocycles. The molecule has 0 saturated carbocycles. The van der Waals surface area contributed by atoms with E-state index in [2.05, 4.69) is 20.8 Å². The van der Waals surface area contributed by atoms with Gasteiger partial charge in [0.25, 0.3) is 0 Å². The van der Waals surface area contributed by atoms with Gasteiger partial charge in [-0.25, -0.2) is 4.79 Å². The van der Waals surface area contributed by atoms with E-state index in [1.807, 2.05) is 43.3 Å². The van der Waals surface area contributed by atoms with Gasteiger partial charge in [0.2, 0.25) is 11.0 Å². The van der Waals surface area contributed by atoms with Crippen molar-refractivity contribution in [1.82, 2.24) is 15.1 Å². The maximum absolute atomic E-state index is 13.2. The number of amides is 3. The predicted octanol–water partition coefficient (Wildman–Crippen LogP) is 5.94. The van der Waals surface area contributed by atoms with Crippen LogP contribution < -0.4 is 15.5 Å². The molecule has 1 fully saturated rings. The first-order valence-corrected chi connectivity index (χ1v) is 12.3. The Kier molecular flexibility index (Phi) is 7.73. The van der Waals surface area contributed by atoms with Gasteiger partial charge in [0.05, 0.1) is 11.1 Å². The third kappa shape index (κ3) is 6.58. The summed E-state index contributed by atoms with van der Waals surface area (Å²) < 4.78 is 78.9. The molecule has 15 heteroatoms. The number of urea groups is 1. The number of anilines is 3. The Bertz CT molecular complexity index is 1320. The normalized spacial score (nSPS) is 15.8. The highest BCUT2D eigenvalue weighted by Crippen LogP contribution is 2.38. The number of alkyl halides is 6. The summed E-state index contributed by atoms with van der Waals surface area (Å²) in [5.74, 6) is -0.603. The summed E-state index contributed by atoms with van der Waals surface area (Å²) in [7, 11) is 3.80. The third-order valence-electron chi connectivity index (χ3n) is 5.94. The first-order chi connectivity index (χ1) is 18.2. The van der Waals surface area contributed by atoms with Crippen LogP contribution in [0.1, 0.15) is 24.0 Å². The molecule has 2 N–H and O–H groups in total. The molecular weight excluding hydrogens is 550 g/mol. The minimum atomic E-state index is -5.06. The van der Waals surface area contributed by atoms with Crippen molar-refractivity contribution in [3.05, 3.63) is 53.6 Å². The molecule has 1 aliphatic rings. The molecule has 1 saturated heterocycles. The van der Waals surface area contributed by atoms with Crippen LogP contribution in [0.3, 0.4) is 0 Å². The fraction of sp³-hybridized carbons (Fsp3) is 0.333. The molecular formula is C24H22F6N6O2S. The standard InChI is InChI=1S/C24H22F6N6O2S/c1-35(2)17-7-5-13(6-8-17)20-33-34-21(39-20)32-19(37)18-4-3-9-36(18)22(38)31-16-11-14(23(25,26)27)10-15(12-16)24(28,29)30/h5-8,10-12,18H,3-4,9H2,1-2H3,(H,31,38)(H,32,34,37). The number of aromatic nitrogens is 2. The van der Waals surface area contributed by atoms with E-state index in [9.17, 15) is 35.9 Å². The molecule has 0 aliphatic carbocycles. The van der Waals surface area contributed by atoms with Gasteiger partial charge >= 0.3 is 18.4 Å². The van der Waals surface area contributed by atoms with E-state index in [1.54, 1.807) is 0 Å². The molecule has 208 valence electrons. The number of likely N-dealkylation sites (tertiary alicyclic amines) is 1. The second-order valence-electron chi connectivity index (χ2n) is 8.92. The van der Waals surface area contributed by atoms with Crippen LogP contribution in [0.2, 0.25) is 0 Å². The molecule has 2 heterocycles. The van der Waals surface area contributed by atoms with Gasteiger partial charge in [-0.2, -0.15) is 26.3 Å². The quantitative estimate of drug-likeness (QED) is 0.369. The fourth-order valence-corrected chi connectivity index (χ4v) is 4.74. The zero-order chi connectivity index (χ0) is 28.5. The van der Waals surface area contributed by atoms with Crippen molar-refractivity contribution in [2.75, 3.05) is 36.2 Å². The summed E-state index contributed by atoms with van der Waals surface area (Å²) in [6.07, 6.45) is -9.48. The van der Waals surface area contributed by atoms with Gasteiger partial charge in [0.15, 0.2) is 0 Å². The van der Waals surface area contributed by atoms with Crippen molar-refractivity contribution in [3.63, 3.8) is 0 Å². The summed E-state index contributed by atoms with van der Waals surface area (Å²) in [4.78, 5) is 28.7. The van der Waals surface area contributed by atoms with Crippen LogP contribution in [0, 0.1) is 0 Å². The topological polar surface area (TPSA) is 90.5 Å². The Balaban J connectivity index is 1.46. The number of halogens is 6. The average Bonchev–Trinajstić information content (AvgIpc) is 3.53. The van der Waals surface area contributed by atoms with E-state index in [0.717, 1.165) is 27.5 Å². The monoisotopic (exact) mass is 572 g/mol. The lowest BCUT2D eigenvalue weighted by atomic mass is 10.1. The lowest BCUT2D eigenvalue weighted by Gasteiger charge is -2.24. The van der Waals surface area contributed by atoms with Crippen LogP contribution >= 0.6 is 11.3 Å². The number of carbonyl (C=O) groups is 2. The van der Waals surface area contributed by atoms with Crippen LogP contribution in [-0.4, -0.2) is 53.7 Å². The highest BCUT2D eigenvalue weighted by Gasteiger charge is 2.38. The average molecular weight is 573 g/mol. The number of hydrogen-bond donors (Lipinski definition) is 2. The Morgan fingerprint density at radius 2 is 1.56 bits per heavy atom. The molecule has 0 bridgehead atoms. The second-order valence-corrected chi connectivity index (χ2v) is 9.90. The summed E-state index contributed by atoms with van der Waals surface area (Å²) in [6, 6.07) is 6.26. The van der Waals surface area contributed by atoms with E-state index in [-0.39, 0.29) is 24.2 Å². The maximum Gasteiger partial charge on any atom is 0.416 e. The highest BCUT2D eigenvalue weighted by molar-refractivity contribution is 7.18. The lowest BCUT2D eigenvalue weighted by molar-refractivity contribution is -0.143. The van der Waals surface area contributed by atoms with Gasteiger partial charge in [-0.05, 0) is 55.3 Å². The molecule has 1 unspecified atom stereocenters. The molecule has 0 spiro atoms. The number of hydrogen-bond acceptors (Lipinski definition) is 6. The number of rotatable bonds is 5. The van der Waals surface area contributed by atoms with E-state index in [4.69, 9.17) is 0 Å². The third-order valence-corrected chi connectivity index (χ3v) is 6.83. The fourth-order valence-electron chi connectivity index (χ4n) is 3.99. The smallest absolute Gasteiger partial charge is 0.378 e. The second kappa shape index (κ2) is 10.7. The number of nitrogens with zero attached hydrogens (tertiary/aromatic N) is 4. The van der Waals surface area contributed by atoms with Gasteiger partial charge < -0.3 is 15.1 Å². The minimum Gasteiger partial charge on any atom is -0.378 e. The largest absolute Gasteiger partial charge is 0.416 e. The van der Waals surface area contributed by atoms with Crippen LogP contribution in [0.5, 0.6) is 0 Å². The lowest BCUT2D eigenvalue weighted by Crippen LogP contribution is -2.45. The van der Waals surface area contributed by atoms with Gasteiger partial charge in [0.1, 0.15) is 11.0 Å². The molecule has 39 heavy (non-hydrogen) atoms. The molecule has 0 radical (unpaired) electrons. The summed E-state index contributed by atoms with van der Waals surface area (Å²) >= 11 is 1.11. The van der Waals surface area contributed by atoms with Crippen molar-refractivity contribution in [1.29, 1.82) is 0 Å². The molecule has 3 aromatic rings. The number of carbonyl (C=O) groups excluding carboxylic acids is 2. The van der Waals surface area contributed by atoms with Crippen LogP contribution in [-0.2, 0) is 17.1 Å². The van der Waals surface area contributed by atoms with Crippen molar-refractivity contribution >= 4 is 39.8 Å². The predicted molar refractivity (Wildman–Crippen MR) is 133 cm³/mol. The zero-order valence-electron chi connectivity index (χ0n) is 20.5. The Labute approximate surface area is 222 Å². The molecule has 1 atom stereocenters. The van der Waals surface area contributed by atoms with Gasteiger partial charge in [0, 0.05) is 37.6 Å². The first-order valence-electron chi connectivity index (χ1n) is 11.5. The van der Waals surface area contributed by atoms with Crippen molar-refractivity contribution in [3.8, 4) is 10.6 Å². The highest BCUT2D eigenvalue weighted by atomic mass is 32.1. The Morgan fingerprint density at radius 3 is 2.13 bits per heavy atom. The number of nitrogens with one attached hydrogen (secondary N) is 2. The molecule has 1 aliphatic heterocycles. The van der Waals surface area contributed by atoms with Gasteiger partial charge in [-0.15, -0.1) is 10.2 Å². The molecule has 2 aromatic carbocycles. The number of benzene rings is 2. The molecule has 3 amide bonds. The Morgan fingerprint density at radius 1 is 0.949 bits per heavy atom. The van der Waals surface area contributed by atoms with E-state index >= 15 is 0 Å².